The van der Waals surface area contributed by atoms with Crippen molar-refractivity contribution in [1.29, 1.82) is 0 Å². The Morgan fingerprint density at radius 2 is 1.95 bits per heavy atom. The Morgan fingerprint density at radius 1 is 1.24 bits per heavy atom. The maximum absolute atomic E-state index is 11.9. The highest BCUT2D eigenvalue weighted by Gasteiger charge is 2.37. The van der Waals surface area contributed by atoms with Crippen LogP contribution in [-0.2, 0) is 10.2 Å². The van der Waals surface area contributed by atoms with Gasteiger partial charge in [0.15, 0.2) is 5.82 Å². The fourth-order valence-corrected chi connectivity index (χ4v) is 2.94. The van der Waals surface area contributed by atoms with E-state index in [1.54, 1.807) is 0 Å². The predicted molar refractivity (Wildman–Crippen MR) is 80.7 cm³/mol. The van der Waals surface area contributed by atoms with E-state index in [1.807, 2.05) is 6.92 Å². The molecule has 3 N–H and O–H groups in total. The number of amides is 1. The summed E-state index contributed by atoms with van der Waals surface area (Å²) in [7, 11) is 0. The number of hydrogen-bond acceptors (Lipinski definition) is 3. The number of rotatable bonds is 1. The zero-order valence-electron chi connectivity index (χ0n) is 12.5. The molecule has 6 nitrogen and oxygen atoms in total. The summed E-state index contributed by atoms with van der Waals surface area (Å²) in [6.07, 6.45) is 0.319. The normalized spacial score (nSPS) is 18.5. The van der Waals surface area contributed by atoms with Crippen LogP contribution in [0.3, 0.4) is 0 Å². The van der Waals surface area contributed by atoms with Gasteiger partial charge in [-0.05, 0) is 6.92 Å². The molecule has 0 saturated heterocycles. The Kier molecular flexibility index (Phi) is 3.09. The molecule has 1 aliphatic rings. The number of aromatic amines is 2. The Morgan fingerprint density at radius 3 is 2.52 bits per heavy atom. The van der Waals surface area contributed by atoms with E-state index in [2.05, 4.69) is 46.5 Å². The average molecular weight is 308 g/mol. The molecule has 3 rings (SSSR count). The number of nitrogens with zero attached hydrogens (tertiary/aromatic N) is 2. The van der Waals surface area contributed by atoms with Crippen LogP contribution in [0.15, 0.2) is 0 Å². The van der Waals surface area contributed by atoms with Gasteiger partial charge in [0.1, 0.15) is 0 Å². The third kappa shape index (κ3) is 2.23. The zero-order valence-corrected chi connectivity index (χ0v) is 13.2. The molecule has 0 aromatic carbocycles. The van der Waals surface area contributed by atoms with Gasteiger partial charge in [0.05, 0.1) is 16.4 Å². The second-order valence-electron chi connectivity index (χ2n) is 6.46. The first kappa shape index (κ1) is 14.1. The molecule has 2 aromatic rings. The molecule has 1 unspecified atom stereocenters. The molecule has 3 heterocycles. The van der Waals surface area contributed by atoms with Crippen LogP contribution < -0.4 is 5.32 Å². The lowest BCUT2D eigenvalue weighted by atomic mass is 9.81. The highest BCUT2D eigenvalue weighted by Crippen LogP contribution is 2.43. The van der Waals surface area contributed by atoms with Crippen molar-refractivity contribution >= 4 is 23.3 Å². The molecule has 0 spiro atoms. The van der Waals surface area contributed by atoms with Crippen molar-refractivity contribution in [2.45, 2.75) is 45.4 Å². The largest absolute Gasteiger partial charge is 0.309 e. The molecule has 0 bridgehead atoms. The van der Waals surface area contributed by atoms with Crippen molar-refractivity contribution in [2.75, 3.05) is 5.32 Å². The number of aryl methyl sites for hydroxylation is 1. The molecule has 0 aliphatic carbocycles. The summed E-state index contributed by atoms with van der Waals surface area (Å²) in [6.45, 7) is 8.17. The smallest absolute Gasteiger partial charge is 0.226 e. The van der Waals surface area contributed by atoms with Crippen LogP contribution in [0.1, 0.15) is 55.8 Å². The van der Waals surface area contributed by atoms with E-state index in [9.17, 15) is 4.79 Å². The van der Waals surface area contributed by atoms with Gasteiger partial charge in [-0.15, -0.1) is 0 Å². The van der Waals surface area contributed by atoms with E-state index >= 15 is 0 Å². The fourth-order valence-electron chi connectivity index (χ4n) is 2.73. The number of carbonyl (C=O) groups excluding carboxylic acids is 1. The summed E-state index contributed by atoms with van der Waals surface area (Å²) in [5.41, 5.74) is 3.38. The summed E-state index contributed by atoms with van der Waals surface area (Å²) in [5.74, 6) is 0.327. The van der Waals surface area contributed by atoms with Crippen LogP contribution in [0.25, 0.3) is 0 Å². The lowest BCUT2D eigenvalue weighted by molar-refractivity contribution is -0.116. The number of anilines is 1. The first-order chi connectivity index (χ1) is 9.79. The van der Waals surface area contributed by atoms with Crippen LogP contribution >= 0.6 is 11.6 Å². The van der Waals surface area contributed by atoms with Crippen molar-refractivity contribution in [1.82, 2.24) is 20.4 Å². The van der Waals surface area contributed by atoms with E-state index < -0.39 is 0 Å². The fraction of sp³-hybridized carbons (Fsp3) is 0.500. The lowest BCUT2D eigenvalue weighted by Crippen LogP contribution is -2.26. The Balaban J connectivity index is 2.19. The Labute approximate surface area is 127 Å². The highest BCUT2D eigenvalue weighted by molar-refractivity contribution is 6.32. The van der Waals surface area contributed by atoms with Crippen LogP contribution in [0.5, 0.6) is 0 Å². The SMILES string of the molecule is Cc1[nH]nc(C2CC(=O)Nc3n[nH]c(C(C)(C)C)c32)c1Cl. The molecule has 0 fully saturated rings. The van der Waals surface area contributed by atoms with Crippen molar-refractivity contribution in [2.24, 2.45) is 0 Å². The lowest BCUT2D eigenvalue weighted by Gasteiger charge is -2.26. The molecule has 7 heteroatoms. The van der Waals surface area contributed by atoms with Gasteiger partial charge >= 0.3 is 0 Å². The summed E-state index contributed by atoms with van der Waals surface area (Å²) in [6, 6.07) is 0. The minimum atomic E-state index is -0.181. The average Bonchev–Trinajstić information content (AvgIpc) is 2.93. The van der Waals surface area contributed by atoms with E-state index in [1.165, 1.54) is 0 Å². The second-order valence-corrected chi connectivity index (χ2v) is 6.84. The maximum atomic E-state index is 11.9. The van der Waals surface area contributed by atoms with E-state index in [4.69, 9.17) is 11.6 Å². The third-order valence-corrected chi connectivity index (χ3v) is 4.26. The maximum Gasteiger partial charge on any atom is 0.226 e. The molecule has 0 radical (unpaired) electrons. The van der Waals surface area contributed by atoms with Gasteiger partial charge in [-0.3, -0.25) is 15.0 Å². The minimum absolute atomic E-state index is 0.0730. The molecule has 112 valence electrons. The van der Waals surface area contributed by atoms with Crippen LogP contribution in [-0.4, -0.2) is 26.3 Å². The molecule has 1 amide bonds. The van der Waals surface area contributed by atoms with Gasteiger partial charge in [-0.1, -0.05) is 32.4 Å². The number of carbonyl (C=O) groups is 1. The Hall–Kier alpha value is -1.82. The molecule has 1 aliphatic heterocycles. The van der Waals surface area contributed by atoms with Crippen molar-refractivity contribution in [3.8, 4) is 0 Å². The van der Waals surface area contributed by atoms with Crippen molar-refractivity contribution < 1.29 is 4.79 Å². The zero-order chi connectivity index (χ0) is 15.4. The summed E-state index contributed by atoms with van der Waals surface area (Å²) >= 11 is 6.33. The number of hydrogen-bond donors (Lipinski definition) is 3. The van der Waals surface area contributed by atoms with Gasteiger partial charge < -0.3 is 5.32 Å². The first-order valence-corrected chi connectivity index (χ1v) is 7.25. The number of H-pyrrole nitrogens is 2. The predicted octanol–water partition coefficient (Wildman–Crippen LogP) is 2.87. The molecule has 0 saturated carbocycles. The number of fused-ring (bicyclic) bond motifs is 1. The second kappa shape index (κ2) is 4.59. The standard InChI is InChI=1S/C14H18ClN5O/c1-6-10(15)11(18-17-6)7-5-8(21)16-13-9(7)12(19-20-13)14(2,3)4/h7H,5H2,1-4H3,(H,17,18)(H2,16,19,20,21). The topological polar surface area (TPSA) is 86.5 Å². The van der Waals surface area contributed by atoms with Crippen LogP contribution in [0.2, 0.25) is 5.02 Å². The molecular formula is C14H18ClN5O. The summed E-state index contributed by atoms with van der Waals surface area (Å²) < 4.78 is 0. The van der Waals surface area contributed by atoms with Gasteiger partial charge in [0.25, 0.3) is 0 Å². The molecular weight excluding hydrogens is 290 g/mol. The molecule has 2 aromatic heterocycles. The van der Waals surface area contributed by atoms with Crippen LogP contribution in [0, 0.1) is 6.92 Å². The molecule has 1 atom stereocenters. The summed E-state index contributed by atoms with van der Waals surface area (Å²) in [4.78, 5) is 11.9. The molecule has 21 heavy (non-hydrogen) atoms. The number of halogens is 1. The monoisotopic (exact) mass is 307 g/mol. The first-order valence-electron chi connectivity index (χ1n) is 6.88. The third-order valence-electron chi connectivity index (χ3n) is 3.78. The van der Waals surface area contributed by atoms with Crippen molar-refractivity contribution in [3.05, 3.63) is 27.7 Å². The Bertz CT molecular complexity index is 710. The van der Waals surface area contributed by atoms with Crippen molar-refractivity contribution in [3.63, 3.8) is 0 Å². The van der Waals surface area contributed by atoms with E-state index in [0.717, 1.165) is 17.0 Å². The van der Waals surface area contributed by atoms with Gasteiger partial charge in [0, 0.05) is 29.0 Å². The van der Waals surface area contributed by atoms with E-state index in [-0.39, 0.29) is 17.2 Å². The highest BCUT2D eigenvalue weighted by atomic mass is 35.5. The number of aromatic nitrogens is 4. The van der Waals surface area contributed by atoms with Gasteiger partial charge in [0.2, 0.25) is 5.91 Å². The van der Waals surface area contributed by atoms with Crippen LogP contribution in [0.4, 0.5) is 5.82 Å². The van der Waals surface area contributed by atoms with Gasteiger partial charge in [-0.25, -0.2) is 0 Å². The quantitative estimate of drug-likeness (QED) is 0.757. The van der Waals surface area contributed by atoms with Gasteiger partial charge in [-0.2, -0.15) is 10.2 Å². The van der Waals surface area contributed by atoms with E-state index in [0.29, 0.717) is 23.0 Å². The minimum Gasteiger partial charge on any atom is -0.309 e. The number of nitrogens with one attached hydrogen (secondary N) is 3. The summed E-state index contributed by atoms with van der Waals surface area (Å²) in [5, 5.41) is 17.9.